The Morgan fingerprint density at radius 2 is 1.92 bits per heavy atom. The zero-order valence-corrected chi connectivity index (χ0v) is 7.44. The Morgan fingerprint density at radius 1 is 1.31 bits per heavy atom. The molecule has 0 bridgehead atoms. The van der Waals surface area contributed by atoms with Crippen molar-refractivity contribution >= 4 is 17.9 Å². The van der Waals surface area contributed by atoms with Crippen LogP contribution in [0, 0.1) is 11.6 Å². The third-order valence-electron chi connectivity index (χ3n) is 1.62. The molecule has 0 spiro atoms. The van der Waals surface area contributed by atoms with Crippen LogP contribution in [0.2, 0.25) is 5.02 Å². The number of hydrogen-bond donors (Lipinski definition) is 0. The molecule has 0 aromatic heterocycles. The molecule has 0 amide bonds. The number of hydrogen-bond acceptors (Lipinski definition) is 1. The van der Waals surface area contributed by atoms with E-state index in [1.807, 2.05) is 0 Å². The zero-order valence-electron chi connectivity index (χ0n) is 6.69. The Bertz CT molecular complexity index is 326. The predicted molar refractivity (Wildman–Crippen MR) is 45.8 cm³/mol. The molecular formula is C9H7ClF2O. The molecule has 13 heavy (non-hydrogen) atoms. The normalized spacial score (nSPS) is 10.1. The molecule has 0 aliphatic rings. The second kappa shape index (κ2) is 4.33. The van der Waals surface area contributed by atoms with Crippen LogP contribution in [-0.4, -0.2) is 6.29 Å². The molecule has 0 aliphatic heterocycles. The lowest BCUT2D eigenvalue weighted by Gasteiger charge is -2.02. The molecule has 1 aromatic rings. The summed E-state index contributed by atoms with van der Waals surface area (Å²) in [5.41, 5.74) is 0.452. The molecule has 70 valence electrons. The molecule has 0 N–H and O–H groups in total. The van der Waals surface area contributed by atoms with Gasteiger partial charge in [0.15, 0.2) is 11.6 Å². The van der Waals surface area contributed by atoms with Gasteiger partial charge in [-0.3, -0.25) is 0 Å². The minimum atomic E-state index is -0.972. The van der Waals surface area contributed by atoms with E-state index in [-0.39, 0.29) is 11.4 Å². The fraction of sp³-hybridized carbons (Fsp3) is 0.222. The molecule has 1 nitrogen and oxygen atoms in total. The van der Waals surface area contributed by atoms with E-state index in [9.17, 15) is 13.6 Å². The number of carbonyl (C=O) groups is 1. The fourth-order valence-corrected chi connectivity index (χ4v) is 1.21. The van der Waals surface area contributed by atoms with Crippen LogP contribution < -0.4 is 0 Å². The van der Waals surface area contributed by atoms with Gasteiger partial charge in [0.1, 0.15) is 6.29 Å². The van der Waals surface area contributed by atoms with Crippen LogP contribution in [0.25, 0.3) is 0 Å². The number of carbonyl (C=O) groups excluding carboxylic acids is 1. The van der Waals surface area contributed by atoms with E-state index in [0.717, 1.165) is 12.1 Å². The summed E-state index contributed by atoms with van der Waals surface area (Å²) in [5.74, 6) is -1.91. The maximum atomic E-state index is 12.7. The Kier molecular flexibility index (Phi) is 3.37. The molecular weight excluding hydrogens is 198 g/mol. The summed E-state index contributed by atoms with van der Waals surface area (Å²) in [6.07, 6.45) is 1.29. The smallest absolute Gasteiger partial charge is 0.160 e. The van der Waals surface area contributed by atoms with Crippen LogP contribution in [0.4, 0.5) is 8.78 Å². The van der Waals surface area contributed by atoms with Crippen LogP contribution in [0.15, 0.2) is 12.1 Å². The van der Waals surface area contributed by atoms with Crippen molar-refractivity contribution in [1.82, 2.24) is 0 Å². The summed E-state index contributed by atoms with van der Waals surface area (Å²) in [5, 5.41) is 0.153. The quantitative estimate of drug-likeness (QED) is 0.547. The molecule has 0 unspecified atom stereocenters. The van der Waals surface area contributed by atoms with Gasteiger partial charge in [-0.05, 0) is 24.1 Å². The maximum absolute atomic E-state index is 12.7. The van der Waals surface area contributed by atoms with Crippen molar-refractivity contribution in [3.8, 4) is 0 Å². The number of benzene rings is 1. The van der Waals surface area contributed by atoms with E-state index >= 15 is 0 Å². The van der Waals surface area contributed by atoms with Gasteiger partial charge in [0.2, 0.25) is 0 Å². The average Bonchev–Trinajstić information content (AvgIpc) is 2.09. The SMILES string of the molecule is O=CCCc1cc(F)c(F)cc1Cl. The highest BCUT2D eigenvalue weighted by Gasteiger charge is 2.07. The first kappa shape index (κ1) is 10.1. The molecule has 0 radical (unpaired) electrons. The Balaban J connectivity index is 2.94. The number of aldehydes is 1. The van der Waals surface area contributed by atoms with Gasteiger partial charge >= 0.3 is 0 Å². The topological polar surface area (TPSA) is 17.1 Å². The van der Waals surface area contributed by atoms with Gasteiger partial charge in [0.05, 0.1) is 0 Å². The van der Waals surface area contributed by atoms with E-state index < -0.39 is 11.6 Å². The number of halogens is 3. The third kappa shape index (κ3) is 2.49. The summed E-state index contributed by atoms with van der Waals surface area (Å²) in [6, 6.07) is 1.93. The summed E-state index contributed by atoms with van der Waals surface area (Å²) in [7, 11) is 0. The summed E-state index contributed by atoms with van der Waals surface area (Å²) >= 11 is 5.61. The molecule has 0 saturated carbocycles. The van der Waals surface area contributed by atoms with Crippen LogP contribution in [0.3, 0.4) is 0 Å². The third-order valence-corrected chi connectivity index (χ3v) is 1.97. The van der Waals surface area contributed by atoms with Gasteiger partial charge in [0, 0.05) is 11.4 Å². The Hall–Kier alpha value is -0.960. The monoisotopic (exact) mass is 204 g/mol. The van der Waals surface area contributed by atoms with Gasteiger partial charge in [-0.1, -0.05) is 11.6 Å². The average molecular weight is 205 g/mol. The molecule has 0 saturated heterocycles. The predicted octanol–water partition coefficient (Wildman–Crippen LogP) is 2.75. The minimum absolute atomic E-state index is 0.153. The molecule has 1 aromatic carbocycles. The van der Waals surface area contributed by atoms with Crippen molar-refractivity contribution in [2.75, 3.05) is 0 Å². The zero-order chi connectivity index (χ0) is 9.84. The molecule has 0 heterocycles. The van der Waals surface area contributed by atoms with E-state index in [2.05, 4.69) is 0 Å². The molecule has 0 atom stereocenters. The maximum Gasteiger partial charge on any atom is 0.160 e. The molecule has 0 aliphatic carbocycles. The highest BCUT2D eigenvalue weighted by molar-refractivity contribution is 6.31. The van der Waals surface area contributed by atoms with E-state index in [0.29, 0.717) is 18.3 Å². The van der Waals surface area contributed by atoms with Crippen LogP contribution in [-0.2, 0) is 11.2 Å². The number of rotatable bonds is 3. The second-order valence-corrected chi connectivity index (χ2v) is 2.97. The van der Waals surface area contributed by atoms with Gasteiger partial charge in [-0.15, -0.1) is 0 Å². The highest BCUT2D eigenvalue weighted by atomic mass is 35.5. The van der Waals surface area contributed by atoms with Crippen LogP contribution in [0.5, 0.6) is 0 Å². The van der Waals surface area contributed by atoms with Crippen LogP contribution >= 0.6 is 11.6 Å². The molecule has 0 fully saturated rings. The van der Waals surface area contributed by atoms with Gasteiger partial charge in [0.25, 0.3) is 0 Å². The Morgan fingerprint density at radius 3 is 2.54 bits per heavy atom. The van der Waals surface area contributed by atoms with E-state index in [1.54, 1.807) is 0 Å². The standard InChI is InChI=1S/C9H7ClF2O/c10-7-5-9(12)8(11)4-6(7)2-1-3-13/h3-5H,1-2H2. The molecule has 1 rings (SSSR count). The van der Waals surface area contributed by atoms with Gasteiger partial charge in [-0.25, -0.2) is 8.78 Å². The van der Waals surface area contributed by atoms with E-state index in [4.69, 9.17) is 11.6 Å². The van der Waals surface area contributed by atoms with Crippen LogP contribution in [0.1, 0.15) is 12.0 Å². The lowest BCUT2D eigenvalue weighted by molar-refractivity contribution is -0.107. The lowest BCUT2D eigenvalue weighted by Crippen LogP contribution is -1.92. The first-order chi connectivity index (χ1) is 6.15. The first-order valence-electron chi connectivity index (χ1n) is 3.72. The second-order valence-electron chi connectivity index (χ2n) is 2.56. The van der Waals surface area contributed by atoms with Gasteiger partial charge < -0.3 is 4.79 Å². The Labute approximate surface area is 79.3 Å². The molecule has 4 heteroatoms. The summed E-state index contributed by atoms with van der Waals surface area (Å²) in [4.78, 5) is 10.0. The van der Waals surface area contributed by atoms with Crippen molar-refractivity contribution < 1.29 is 13.6 Å². The largest absolute Gasteiger partial charge is 0.303 e. The highest BCUT2D eigenvalue weighted by Crippen LogP contribution is 2.20. The fourth-order valence-electron chi connectivity index (χ4n) is 0.970. The van der Waals surface area contributed by atoms with Crippen molar-refractivity contribution in [3.05, 3.63) is 34.4 Å². The van der Waals surface area contributed by atoms with Crippen molar-refractivity contribution in [1.29, 1.82) is 0 Å². The van der Waals surface area contributed by atoms with Crippen molar-refractivity contribution in [3.63, 3.8) is 0 Å². The summed E-state index contributed by atoms with van der Waals surface area (Å²) in [6.45, 7) is 0. The minimum Gasteiger partial charge on any atom is -0.303 e. The van der Waals surface area contributed by atoms with Gasteiger partial charge in [-0.2, -0.15) is 0 Å². The summed E-state index contributed by atoms with van der Waals surface area (Å²) < 4.78 is 25.2. The lowest BCUT2D eigenvalue weighted by atomic mass is 10.1. The number of aryl methyl sites for hydroxylation is 1. The van der Waals surface area contributed by atoms with Crippen molar-refractivity contribution in [2.45, 2.75) is 12.8 Å². The van der Waals surface area contributed by atoms with E-state index in [1.165, 1.54) is 0 Å². The first-order valence-corrected chi connectivity index (χ1v) is 4.10. The van der Waals surface area contributed by atoms with Crippen molar-refractivity contribution in [2.24, 2.45) is 0 Å².